The first-order chi connectivity index (χ1) is 8.99. The summed E-state index contributed by atoms with van der Waals surface area (Å²) in [6.07, 6.45) is 0. The van der Waals surface area contributed by atoms with Crippen LogP contribution in [-0.2, 0) is 0 Å². The molecule has 0 saturated carbocycles. The van der Waals surface area contributed by atoms with E-state index in [0.29, 0.717) is 5.71 Å². The van der Waals surface area contributed by atoms with Crippen LogP contribution in [0.1, 0.15) is 28.4 Å². The Morgan fingerprint density at radius 2 is 1.79 bits per heavy atom. The Labute approximate surface area is 112 Å². The van der Waals surface area contributed by atoms with Crippen LogP contribution in [-0.4, -0.2) is 16.8 Å². The van der Waals surface area contributed by atoms with Crippen molar-refractivity contribution in [1.82, 2.24) is 0 Å². The van der Waals surface area contributed by atoms with Crippen molar-refractivity contribution in [1.29, 1.82) is 5.41 Å². The summed E-state index contributed by atoms with van der Waals surface area (Å²) in [4.78, 5) is 11.0. The molecular formula is C16H15NO2. The minimum Gasteiger partial charge on any atom is -0.478 e. The highest BCUT2D eigenvalue weighted by Gasteiger charge is 2.07. The third-order valence-electron chi connectivity index (χ3n) is 3.08. The van der Waals surface area contributed by atoms with E-state index in [1.807, 2.05) is 31.2 Å². The molecule has 0 atom stereocenters. The molecule has 0 unspecified atom stereocenters. The summed E-state index contributed by atoms with van der Waals surface area (Å²) in [5, 5.41) is 16.8. The Kier molecular flexibility index (Phi) is 3.47. The third-order valence-corrected chi connectivity index (χ3v) is 3.08. The lowest BCUT2D eigenvalue weighted by atomic mass is 9.97. The molecule has 0 fully saturated rings. The molecule has 0 aliphatic rings. The molecular weight excluding hydrogens is 238 g/mol. The largest absolute Gasteiger partial charge is 0.478 e. The Balaban J connectivity index is 2.53. The average Bonchev–Trinajstić information content (AvgIpc) is 2.39. The second-order valence-corrected chi connectivity index (χ2v) is 4.54. The molecule has 0 spiro atoms. The van der Waals surface area contributed by atoms with Crippen molar-refractivity contribution in [3.63, 3.8) is 0 Å². The first-order valence-electron chi connectivity index (χ1n) is 5.99. The monoisotopic (exact) mass is 253 g/mol. The number of rotatable bonds is 3. The zero-order valence-corrected chi connectivity index (χ0v) is 10.9. The summed E-state index contributed by atoms with van der Waals surface area (Å²) in [7, 11) is 0. The van der Waals surface area contributed by atoms with Gasteiger partial charge in [-0.3, -0.25) is 0 Å². The maximum atomic E-state index is 11.0. The van der Waals surface area contributed by atoms with Gasteiger partial charge in [0.1, 0.15) is 0 Å². The van der Waals surface area contributed by atoms with Gasteiger partial charge >= 0.3 is 5.97 Å². The van der Waals surface area contributed by atoms with E-state index in [1.165, 1.54) is 0 Å². The van der Waals surface area contributed by atoms with Gasteiger partial charge in [-0.2, -0.15) is 0 Å². The highest BCUT2D eigenvalue weighted by atomic mass is 16.4. The topological polar surface area (TPSA) is 61.2 Å². The minimum absolute atomic E-state index is 0.270. The number of carbonyl (C=O) groups is 1. The first kappa shape index (κ1) is 13.0. The Hall–Kier alpha value is -2.42. The smallest absolute Gasteiger partial charge is 0.335 e. The number of carboxylic acid groups (broad SMARTS) is 1. The third kappa shape index (κ3) is 2.71. The standard InChI is InChI=1S/C16H15NO2/c1-10-6-7-13(9-15(10)11(2)17)12-4-3-5-14(8-12)16(18)19/h3-9,17H,1-2H3,(H,18,19). The molecule has 3 nitrogen and oxygen atoms in total. The molecule has 0 radical (unpaired) electrons. The molecule has 0 bridgehead atoms. The fourth-order valence-electron chi connectivity index (χ4n) is 2.04. The van der Waals surface area contributed by atoms with E-state index in [-0.39, 0.29) is 5.56 Å². The van der Waals surface area contributed by atoms with E-state index >= 15 is 0 Å². The lowest BCUT2D eigenvalue weighted by Crippen LogP contribution is -1.98. The summed E-state index contributed by atoms with van der Waals surface area (Å²) in [6, 6.07) is 12.7. The van der Waals surface area contributed by atoms with Crippen LogP contribution in [0.25, 0.3) is 11.1 Å². The summed E-state index contributed by atoms with van der Waals surface area (Å²) in [5.74, 6) is -0.933. The predicted molar refractivity (Wildman–Crippen MR) is 76.1 cm³/mol. The van der Waals surface area contributed by atoms with Gasteiger partial charge in [-0.1, -0.05) is 24.3 Å². The SMILES string of the molecule is CC(=N)c1cc(-c2cccc(C(=O)O)c2)ccc1C. The van der Waals surface area contributed by atoms with Gasteiger partial charge < -0.3 is 10.5 Å². The molecule has 2 aromatic carbocycles. The lowest BCUT2D eigenvalue weighted by Gasteiger charge is -2.08. The van der Waals surface area contributed by atoms with Crippen LogP contribution in [0.5, 0.6) is 0 Å². The van der Waals surface area contributed by atoms with E-state index in [1.54, 1.807) is 25.1 Å². The van der Waals surface area contributed by atoms with Crippen LogP contribution in [0.4, 0.5) is 0 Å². The van der Waals surface area contributed by atoms with Crippen molar-refractivity contribution < 1.29 is 9.90 Å². The van der Waals surface area contributed by atoms with Crippen LogP contribution in [0.3, 0.4) is 0 Å². The molecule has 0 heterocycles. The molecule has 19 heavy (non-hydrogen) atoms. The Morgan fingerprint density at radius 1 is 1.11 bits per heavy atom. The van der Waals surface area contributed by atoms with E-state index < -0.39 is 5.97 Å². The van der Waals surface area contributed by atoms with Gasteiger partial charge in [0.25, 0.3) is 0 Å². The second kappa shape index (κ2) is 5.06. The molecule has 0 aliphatic carbocycles. The van der Waals surface area contributed by atoms with Crippen LogP contribution < -0.4 is 0 Å². The number of hydrogen-bond acceptors (Lipinski definition) is 2. The maximum absolute atomic E-state index is 11.0. The van der Waals surface area contributed by atoms with Gasteiger partial charge in [0, 0.05) is 5.71 Å². The molecule has 3 heteroatoms. The van der Waals surface area contributed by atoms with E-state index in [2.05, 4.69) is 0 Å². The van der Waals surface area contributed by atoms with Gasteiger partial charge in [0.05, 0.1) is 5.56 Å². The molecule has 96 valence electrons. The summed E-state index contributed by atoms with van der Waals surface area (Å²) in [6.45, 7) is 3.71. The average molecular weight is 253 g/mol. The number of aryl methyl sites for hydroxylation is 1. The number of benzene rings is 2. The number of hydrogen-bond donors (Lipinski definition) is 2. The van der Waals surface area contributed by atoms with Crippen molar-refractivity contribution in [2.45, 2.75) is 13.8 Å². The highest BCUT2D eigenvalue weighted by molar-refractivity contribution is 5.99. The fourth-order valence-corrected chi connectivity index (χ4v) is 2.04. The molecule has 0 saturated heterocycles. The van der Waals surface area contributed by atoms with E-state index in [4.69, 9.17) is 10.5 Å². The first-order valence-corrected chi connectivity index (χ1v) is 5.99. The zero-order valence-electron chi connectivity index (χ0n) is 10.9. The number of aromatic carboxylic acids is 1. The molecule has 2 rings (SSSR count). The van der Waals surface area contributed by atoms with Gasteiger partial charge in [0.2, 0.25) is 0 Å². The van der Waals surface area contributed by atoms with Crippen LogP contribution in [0, 0.1) is 12.3 Å². The van der Waals surface area contributed by atoms with Gasteiger partial charge in [-0.25, -0.2) is 4.79 Å². The molecule has 2 N–H and O–H groups in total. The van der Waals surface area contributed by atoms with Gasteiger partial charge in [-0.15, -0.1) is 0 Å². The highest BCUT2D eigenvalue weighted by Crippen LogP contribution is 2.23. The van der Waals surface area contributed by atoms with Gasteiger partial charge in [-0.05, 0) is 54.3 Å². The van der Waals surface area contributed by atoms with E-state index in [0.717, 1.165) is 22.3 Å². The van der Waals surface area contributed by atoms with E-state index in [9.17, 15) is 4.79 Å². The van der Waals surface area contributed by atoms with Crippen LogP contribution >= 0.6 is 0 Å². The quantitative estimate of drug-likeness (QED) is 0.818. The van der Waals surface area contributed by atoms with Crippen molar-refractivity contribution in [2.75, 3.05) is 0 Å². The molecule has 0 aromatic heterocycles. The molecule has 0 amide bonds. The summed E-state index contributed by atoms with van der Waals surface area (Å²) >= 11 is 0. The maximum Gasteiger partial charge on any atom is 0.335 e. The van der Waals surface area contributed by atoms with Crippen LogP contribution in [0.15, 0.2) is 42.5 Å². The lowest BCUT2D eigenvalue weighted by molar-refractivity contribution is 0.0697. The predicted octanol–water partition coefficient (Wildman–Crippen LogP) is 3.75. The second-order valence-electron chi connectivity index (χ2n) is 4.54. The number of nitrogens with one attached hydrogen (secondary N) is 1. The van der Waals surface area contributed by atoms with Crippen molar-refractivity contribution in [3.8, 4) is 11.1 Å². The van der Waals surface area contributed by atoms with Crippen molar-refractivity contribution >= 4 is 11.7 Å². The molecule has 2 aromatic rings. The van der Waals surface area contributed by atoms with Crippen molar-refractivity contribution in [3.05, 3.63) is 59.2 Å². The van der Waals surface area contributed by atoms with Gasteiger partial charge in [0.15, 0.2) is 0 Å². The Morgan fingerprint density at radius 3 is 2.42 bits per heavy atom. The number of carboxylic acids is 1. The minimum atomic E-state index is -0.933. The zero-order chi connectivity index (χ0) is 14.0. The summed E-state index contributed by atoms with van der Waals surface area (Å²) < 4.78 is 0. The fraction of sp³-hybridized carbons (Fsp3) is 0.125. The normalized spacial score (nSPS) is 10.2. The molecule has 0 aliphatic heterocycles. The van der Waals surface area contributed by atoms with Crippen molar-refractivity contribution in [2.24, 2.45) is 0 Å². The Bertz CT molecular complexity index is 660. The van der Waals surface area contributed by atoms with Crippen LogP contribution in [0.2, 0.25) is 0 Å². The summed E-state index contributed by atoms with van der Waals surface area (Å²) in [5.41, 5.74) is 4.49.